The maximum Gasteiger partial charge on any atom is 0.303 e. The molecule has 1 amide bonds. The molecule has 1 rings (SSSR count). The largest absolute Gasteiger partial charge is 0.481 e. The smallest absolute Gasteiger partial charge is 0.303 e. The summed E-state index contributed by atoms with van der Waals surface area (Å²) in [6, 6.07) is 4.11. The van der Waals surface area contributed by atoms with Gasteiger partial charge in [0.25, 0.3) is 0 Å². The number of primary amides is 1. The zero-order valence-electron chi connectivity index (χ0n) is 10.7. The highest BCUT2D eigenvalue weighted by atomic mass is 19.1. The van der Waals surface area contributed by atoms with Crippen LogP contribution >= 0.6 is 0 Å². The number of carbonyl (C=O) groups excluding carboxylic acids is 1. The average Bonchev–Trinajstić information content (AvgIpc) is 2.31. The summed E-state index contributed by atoms with van der Waals surface area (Å²) in [5, 5.41) is 8.52. The van der Waals surface area contributed by atoms with E-state index in [0.717, 1.165) is 6.07 Å². The number of carbonyl (C=O) groups is 2. The zero-order chi connectivity index (χ0) is 14.4. The minimum atomic E-state index is -0.842. The molecule has 5 nitrogen and oxygen atoms in total. The number of rotatable bonds is 7. The molecule has 0 radical (unpaired) electrons. The minimum Gasteiger partial charge on any atom is -0.481 e. The summed E-state index contributed by atoms with van der Waals surface area (Å²) in [7, 11) is 1.78. The molecule has 0 bridgehead atoms. The van der Waals surface area contributed by atoms with E-state index >= 15 is 0 Å². The van der Waals surface area contributed by atoms with E-state index in [-0.39, 0.29) is 12.0 Å². The highest BCUT2D eigenvalue weighted by molar-refractivity contribution is 5.92. The van der Waals surface area contributed by atoms with Gasteiger partial charge in [-0.3, -0.25) is 9.59 Å². The van der Waals surface area contributed by atoms with Crippen LogP contribution in [-0.4, -0.2) is 35.5 Å². The van der Waals surface area contributed by atoms with E-state index in [4.69, 9.17) is 10.8 Å². The third-order valence-corrected chi connectivity index (χ3v) is 2.71. The molecule has 0 heterocycles. The number of halogens is 1. The molecular formula is C13H17FN2O3. The molecule has 0 saturated carbocycles. The Kier molecular flexibility index (Phi) is 5.44. The molecule has 0 fully saturated rings. The predicted octanol–water partition coefficient (Wildman–Crippen LogP) is 1.22. The van der Waals surface area contributed by atoms with Crippen molar-refractivity contribution < 1.29 is 19.1 Å². The summed E-state index contributed by atoms with van der Waals surface area (Å²) < 4.78 is 13.7. The van der Waals surface area contributed by atoms with Crippen LogP contribution in [-0.2, 0) is 11.3 Å². The minimum absolute atomic E-state index is 0.0907. The molecule has 0 saturated heterocycles. The Hall–Kier alpha value is -1.95. The Balaban J connectivity index is 2.57. The van der Waals surface area contributed by atoms with Gasteiger partial charge in [0.05, 0.1) is 0 Å². The van der Waals surface area contributed by atoms with Crippen LogP contribution in [0.25, 0.3) is 0 Å². The fraction of sp³-hybridized carbons (Fsp3) is 0.385. The quantitative estimate of drug-likeness (QED) is 0.778. The topological polar surface area (TPSA) is 83.6 Å². The number of hydrogen-bond acceptors (Lipinski definition) is 3. The number of amides is 1. The summed E-state index contributed by atoms with van der Waals surface area (Å²) in [6.07, 6.45) is 0.597. The van der Waals surface area contributed by atoms with E-state index in [1.165, 1.54) is 12.1 Å². The summed E-state index contributed by atoms with van der Waals surface area (Å²) in [6.45, 7) is 0.911. The number of carboxylic acids is 1. The molecule has 1 aromatic rings. The van der Waals surface area contributed by atoms with Crippen molar-refractivity contribution in [3.63, 3.8) is 0 Å². The van der Waals surface area contributed by atoms with Gasteiger partial charge in [-0.25, -0.2) is 4.39 Å². The van der Waals surface area contributed by atoms with E-state index in [1.54, 1.807) is 7.05 Å². The second kappa shape index (κ2) is 6.84. The normalized spacial score (nSPS) is 10.7. The van der Waals surface area contributed by atoms with Gasteiger partial charge in [-0.05, 0) is 32.1 Å². The SMILES string of the molecule is CN(CCCC(=O)O)Cc1ccc(C(N)=O)cc1F. The van der Waals surface area contributed by atoms with Crippen molar-refractivity contribution >= 4 is 11.9 Å². The van der Waals surface area contributed by atoms with Crippen molar-refractivity contribution in [2.75, 3.05) is 13.6 Å². The van der Waals surface area contributed by atoms with E-state index in [1.807, 2.05) is 4.90 Å². The van der Waals surface area contributed by atoms with Crippen molar-refractivity contribution in [2.24, 2.45) is 5.73 Å². The van der Waals surface area contributed by atoms with Gasteiger partial charge in [0.15, 0.2) is 0 Å². The molecular weight excluding hydrogens is 251 g/mol. The first-order valence-corrected chi connectivity index (χ1v) is 5.88. The second-order valence-corrected chi connectivity index (χ2v) is 4.41. The van der Waals surface area contributed by atoms with Crippen molar-refractivity contribution in [3.05, 3.63) is 35.1 Å². The predicted molar refractivity (Wildman–Crippen MR) is 68.1 cm³/mol. The number of carboxylic acid groups (broad SMARTS) is 1. The summed E-state index contributed by atoms with van der Waals surface area (Å²) in [4.78, 5) is 23.1. The van der Waals surface area contributed by atoms with Gasteiger partial charge < -0.3 is 15.7 Å². The van der Waals surface area contributed by atoms with Crippen LogP contribution in [0.4, 0.5) is 4.39 Å². The molecule has 0 aliphatic rings. The first kappa shape index (κ1) is 15.1. The molecule has 6 heteroatoms. The molecule has 0 aromatic heterocycles. The lowest BCUT2D eigenvalue weighted by atomic mass is 10.1. The van der Waals surface area contributed by atoms with Crippen LogP contribution in [0.5, 0.6) is 0 Å². The number of aliphatic carboxylic acids is 1. The van der Waals surface area contributed by atoms with Crippen LogP contribution in [0.15, 0.2) is 18.2 Å². The monoisotopic (exact) mass is 268 g/mol. The average molecular weight is 268 g/mol. The Morgan fingerprint density at radius 3 is 2.63 bits per heavy atom. The molecule has 0 aliphatic heterocycles. The van der Waals surface area contributed by atoms with Crippen LogP contribution in [0, 0.1) is 5.82 Å². The van der Waals surface area contributed by atoms with Gasteiger partial charge in [-0.2, -0.15) is 0 Å². The highest BCUT2D eigenvalue weighted by Gasteiger charge is 2.09. The van der Waals surface area contributed by atoms with Gasteiger partial charge in [-0.15, -0.1) is 0 Å². The maximum absolute atomic E-state index is 13.7. The van der Waals surface area contributed by atoms with Gasteiger partial charge in [-0.1, -0.05) is 6.07 Å². The Morgan fingerprint density at radius 1 is 1.42 bits per heavy atom. The van der Waals surface area contributed by atoms with Crippen molar-refractivity contribution in [3.8, 4) is 0 Å². The van der Waals surface area contributed by atoms with Gasteiger partial charge in [0.2, 0.25) is 5.91 Å². The summed E-state index contributed by atoms with van der Waals surface area (Å²) in [5.41, 5.74) is 5.64. The number of hydrogen-bond donors (Lipinski definition) is 2. The Labute approximate surface area is 110 Å². The van der Waals surface area contributed by atoms with Crippen molar-refractivity contribution in [2.45, 2.75) is 19.4 Å². The second-order valence-electron chi connectivity index (χ2n) is 4.41. The van der Waals surface area contributed by atoms with Crippen LogP contribution in [0.1, 0.15) is 28.8 Å². The Morgan fingerprint density at radius 2 is 2.11 bits per heavy atom. The number of nitrogens with zero attached hydrogens (tertiary/aromatic N) is 1. The molecule has 0 spiro atoms. The van der Waals surface area contributed by atoms with Gasteiger partial charge in [0.1, 0.15) is 5.82 Å². The van der Waals surface area contributed by atoms with Crippen molar-refractivity contribution in [1.82, 2.24) is 4.90 Å². The molecule has 104 valence electrons. The van der Waals surface area contributed by atoms with Gasteiger partial charge >= 0.3 is 5.97 Å². The standard InChI is InChI=1S/C13H17FN2O3/c1-16(6-2-3-12(17)18)8-10-5-4-9(13(15)19)7-11(10)14/h4-5,7H,2-3,6,8H2,1H3,(H2,15,19)(H,17,18). The molecule has 0 aliphatic carbocycles. The van der Waals surface area contributed by atoms with Gasteiger partial charge in [0, 0.05) is 24.1 Å². The van der Waals surface area contributed by atoms with E-state index < -0.39 is 17.7 Å². The van der Waals surface area contributed by atoms with E-state index in [0.29, 0.717) is 25.1 Å². The zero-order valence-corrected chi connectivity index (χ0v) is 10.7. The molecule has 19 heavy (non-hydrogen) atoms. The Bertz CT molecular complexity index is 477. The highest BCUT2D eigenvalue weighted by Crippen LogP contribution is 2.12. The van der Waals surface area contributed by atoms with Crippen LogP contribution in [0.2, 0.25) is 0 Å². The molecule has 1 aromatic carbocycles. The summed E-state index contributed by atoms with van der Waals surface area (Å²) >= 11 is 0. The number of benzene rings is 1. The lowest BCUT2D eigenvalue weighted by Crippen LogP contribution is -2.21. The lowest BCUT2D eigenvalue weighted by Gasteiger charge is -2.16. The fourth-order valence-corrected chi connectivity index (χ4v) is 1.70. The van der Waals surface area contributed by atoms with Crippen LogP contribution in [0.3, 0.4) is 0 Å². The fourth-order valence-electron chi connectivity index (χ4n) is 1.70. The first-order valence-electron chi connectivity index (χ1n) is 5.88. The summed E-state index contributed by atoms with van der Waals surface area (Å²) in [5.74, 6) is -1.99. The molecule has 3 N–H and O–H groups in total. The molecule has 0 unspecified atom stereocenters. The van der Waals surface area contributed by atoms with Crippen LogP contribution < -0.4 is 5.73 Å². The third kappa shape index (κ3) is 5.05. The third-order valence-electron chi connectivity index (χ3n) is 2.71. The maximum atomic E-state index is 13.7. The first-order chi connectivity index (χ1) is 8.90. The van der Waals surface area contributed by atoms with E-state index in [2.05, 4.69) is 0 Å². The number of nitrogens with two attached hydrogens (primary N) is 1. The lowest BCUT2D eigenvalue weighted by molar-refractivity contribution is -0.137. The van der Waals surface area contributed by atoms with E-state index in [9.17, 15) is 14.0 Å². The van der Waals surface area contributed by atoms with Crippen molar-refractivity contribution in [1.29, 1.82) is 0 Å². The molecule has 0 atom stereocenters.